The second kappa shape index (κ2) is 7.12. The monoisotopic (exact) mass is 350 g/mol. The Labute approximate surface area is 152 Å². The van der Waals surface area contributed by atoms with Gasteiger partial charge in [0.05, 0.1) is 0 Å². The van der Waals surface area contributed by atoms with E-state index in [1.54, 1.807) is 0 Å². The lowest BCUT2D eigenvalue weighted by molar-refractivity contribution is -0.131. The van der Waals surface area contributed by atoms with Gasteiger partial charge in [-0.2, -0.15) is 0 Å². The number of benzene rings is 2. The Balaban J connectivity index is 1.43. The molecule has 0 radical (unpaired) electrons. The number of hydrogen-bond donors (Lipinski definition) is 2. The molecule has 1 aromatic heterocycles. The summed E-state index contributed by atoms with van der Waals surface area (Å²) in [5, 5.41) is 4.31. The van der Waals surface area contributed by atoms with Crippen LogP contribution < -0.4 is 14.8 Å². The Morgan fingerprint density at radius 2 is 1.96 bits per heavy atom. The largest absolute Gasteiger partial charge is 0.485 e. The Morgan fingerprint density at radius 3 is 2.81 bits per heavy atom. The molecule has 2 heterocycles. The summed E-state index contributed by atoms with van der Waals surface area (Å²) >= 11 is 0. The molecule has 26 heavy (non-hydrogen) atoms. The van der Waals surface area contributed by atoms with E-state index in [1.807, 2.05) is 42.6 Å². The molecule has 0 aliphatic carbocycles. The summed E-state index contributed by atoms with van der Waals surface area (Å²) < 4.78 is 11.4. The van der Waals surface area contributed by atoms with Crippen LogP contribution in [0.25, 0.3) is 10.9 Å². The van der Waals surface area contributed by atoms with Crippen LogP contribution in [-0.4, -0.2) is 29.6 Å². The van der Waals surface area contributed by atoms with Gasteiger partial charge in [0.2, 0.25) is 6.10 Å². The lowest BCUT2D eigenvalue weighted by Crippen LogP contribution is -2.48. The molecule has 0 spiro atoms. The molecule has 1 aliphatic rings. The maximum atomic E-state index is 12.6. The predicted octanol–water partition coefficient (Wildman–Crippen LogP) is 3.45. The average molecular weight is 350 g/mol. The number of carbonyl (C=O) groups is 1. The van der Waals surface area contributed by atoms with Crippen molar-refractivity contribution in [2.24, 2.45) is 0 Å². The van der Waals surface area contributed by atoms with Crippen molar-refractivity contribution in [2.45, 2.75) is 31.9 Å². The van der Waals surface area contributed by atoms with Crippen LogP contribution in [-0.2, 0) is 11.2 Å². The maximum Gasteiger partial charge on any atom is 0.264 e. The Kier molecular flexibility index (Phi) is 4.52. The van der Waals surface area contributed by atoms with Gasteiger partial charge in [-0.1, -0.05) is 37.3 Å². The van der Waals surface area contributed by atoms with Crippen LogP contribution in [0.2, 0.25) is 0 Å². The normalized spacial score (nSPS) is 17.0. The molecule has 0 bridgehead atoms. The molecule has 2 unspecified atom stereocenters. The van der Waals surface area contributed by atoms with Crippen molar-refractivity contribution in [1.29, 1.82) is 0 Å². The molecule has 2 atom stereocenters. The fourth-order valence-corrected chi connectivity index (χ4v) is 3.31. The van der Waals surface area contributed by atoms with Gasteiger partial charge in [0, 0.05) is 23.1 Å². The number of ether oxygens (including phenoxy) is 2. The Hall–Kier alpha value is -2.95. The third-order valence-corrected chi connectivity index (χ3v) is 4.78. The van der Waals surface area contributed by atoms with Crippen LogP contribution in [0.3, 0.4) is 0 Å². The van der Waals surface area contributed by atoms with Crippen LogP contribution in [0.4, 0.5) is 0 Å². The molecule has 5 nitrogen and oxygen atoms in total. The van der Waals surface area contributed by atoms with Crippen LogP contribution >= 0.6 is 0 Å². The van der Waals surface area contributed by atoms with Gasteiger partial charge in [0.15, 0.2) is 11.5 Å². The third kappa shape index (κ3) is 3.25. The highest BCUT2D eigenvalue weighted by Gasteiger charge is 2.28. The minimum absolute atomic E-state index is 0.0440. The van der Waals surface area contributed by atoms with Gasteiger partial charge >= 0.3 is 0 Å². The van der Waals surface area contributed by atoms with Gasteiger partial charge in [0.1, 0.15) is 6.61 Å². The SMILES string of the molecule is CCC(Cc1c[nH]c2ccccc12)NC(=O)C1COc2ccccc2O1. The molecule has 2 N–H and O–H groups in total. The third-order valence-electron chi connectivity index (χ3n) is 4.78. The van der Waals surface area contributed by atoms with Gasteiger partial charge in [-0.25, -0.2) is 0 Å². The molecular formula is C21H22N2O3. The van der Waals surface area contributed by atoms with E-state index < -0.39 is 6.10 Å². The smallest absolute Gasteiger partial charge is 0.264 e. The molecule has 4 rings (SSSR count). The van der Waals surface area contributed by atoms with Gasteiger partial charge in [-0.3, -0.25) is 4.79 Å². The summed E-state index contributed by atoms with van der Waals surface area (Å²) in [5.74, 6) is 1.16. The van der Waals surface area contributed by atoms with Gasteiger partial charge < -0.3 is 19.8 Å². The van der Waals surface area contributed by atoms with E-state index in [-0.39, 0.29) is 18.6 Å². The molecule has 134 valence electrons. The molecule has 1 amide bonds. The van der Waals surface area contributed by atoms with Crippen molar-refractivity contribution in [2.75, 3.05) is 6.61 Å². The van der Waals surface area contributed by atoms with Crippen LogP contribution in [0.15, 0.2) is 54.7 Å². The van der Waals surface area contributed by atoms with Crippen molar-refractivity contribution >= 4 is 16.8 Å². The molecular weight excluding hydrogens is 328 g/mol. The molecule has 0 saturated heterocycles. The zero-order valence-electron chi connectivity index (χ0n) is 14.7. The van der Waals surface area contributed by atoms with Gasteiger partial charge in [0.25, 0.3) is 5.91 Å². The summed E-state index contributed by atoms with van der Waals surface area (Å²) in [6, 6.07) is 15.7. The summed E-state index contributed by atoms with van der Waals surface area (Å²) in [4.78, 5) is 15.9. The number of nitrogens with one attached hydrogen (secondary N) is 2. The standard InChI is InChI=1S/C21H22N2O3/c1-2-15(11-14-12-22-17-8-4-3-7-16(14)17)23-21(24)20-13-25-18-9-5-6-10-19(18)26-20/h3-10,12,15,20,22H,2,11,13H2,1H3,(H,23,24). The number of aromatic amines is 1. The Bertz CT molecular complexity index is 918. The highest BCUT2D eigenvalue weighted by atomic mass is 16.6. The van der Waals surface area contributed by atoms with Crippen molar-refractivity contribution in [1.82, 2.24) is 10.3 Å². The molecule has 1 aliphatic heterocycles. The van der Waals surface area contributed by atoms with E-state index >= 15 is 0 Å². The van der Waals surface area contributed by atoms with Gasteiger partial charge in [-0.05, 0) is 36.6 Å². The first kappa shape index (κ1) is 16.5. The predicted molar refractivity (Wildman–Crippen MR) is 101 cm³/mol. The first-order chi connectivity index (χ1) is 12.7. The van der Waals surface area contributed by atoms with Crippen molar-refractivity contribution < 1.29 is 14.3 Å². The number of para-hydroxylation sites is 3. The lowest BCUT2D eigenvalue weighted by atomic mass is 10.0. The van der Waals surface area contributed by atoms with Crippen molar-refractivity contribution in [3.05, 3.63) is 60.3 Å². The van der Waals surface area contributed by atoms with Crippen molar-refractivity contribution in [3.63, 3.8) is 0 Å². The molecule has 0 saturated carbocycles. The highest BCUT2D eigenvalue weighted by molar-refractivity contribution is 5.84. The number of fused-ring (bicyclic) bond motifs is 2. The number of rotatable bonds is 5. The fourth-order valence-electron chi connectivity index (χ4n) is 3.31. The van der Waals surface area contributed by atoms with E-state index in [2.05, 4.69) is 29.4 Å². The highest BCUT2D eigenvalue weighted by Crippen LogP contribution is 2.31. The summed E-state index contributed by atoms with van der Waals surface area (Å²) in [7, 11) is 0. The minimum atomic E-state index is -0.623. The van der Waals surface area contributed by atoms with Crippen LogP contribution in [0, 0.1) is 0 Å². The number of carbonyl (C=O) groups excluding carboxylic acids is 1. The van der Waals surface area contributed by atoms with E-state index in [4.69, 9.17) is 9.47 Å². The summed E-state index contributed by atoms with van der Waals surface area (Å²) in [5.41, 5.74) is 2.32. The quantitative estimate of drug-likeness (QED) is 0.741. The average Bonchev–Trinajstić information content (AvgIpc) is 3.10. The number of aromatic nitrogens is 1. The van der Waals surface area contributed by atoms with Crippen LogP contribution in [0.5, 0.6) is 11.5 Å². The molecule has 3 aromatic rings. The minimum Gasteiger partial charge on any atom is -0.485 e. The Morgan fingerprint density at radius 1 is 1.19 bits per heavy atom. The molecule has 0 fully saturated rings. The fraction of sp³-hybridized carbons (Fsp3) is 0.286. The molecule has 2 aromatic carbocycles. The zero-order valence-corrected chi connectivity index (χ0v) is 14.7. The topological polar surface area (TPSA) is 63.4 Å². The lowest BCUT2D eigenvalue weighted by Gasteiger charge is -2.27. The second-order valence-corrected chi connectivity index (χ2v) is 6.54. The second-order valence-electron chi connectivity index (χ2n) is 6.54. The number of hydrogen-bond acceptors (Lipinski definition) is 3. The summed E-state index contributed by atoms with van der Waals surface area (Å²) in [6.07, 6.45) is 3.02. The van der Waals surface area contributed by atoms with Crippen LogP contribution in [0.1, 0.15) is 18.9 Å². The maximum absolute atomic E-state index is 12.6. The first-order valence-corrected chi connectivity index (χ1v) is 8.98. The van der Waals surface area contributed by atoms with E-state index in [0.717, 1.165) is 18.4 Å². The van der Waals surface area contributed by atoms with E-state index in [9.17, 15) is 4.79 Å². The summed E-state index contributed by atoms with van der Waals surface area (Å²) in [6.45, 7) is 2.31. The molecule has 5 heteroatoms. The number of amides is 1. The van der Waals surface area contributed by atoms with E-state index in [1.165, 1.54) is 10.9 Å². The zero-order chi connectivity index (χ0) is 17.9. The van der Waals surface area contributed by atoms with E-state index in [0.29, 0.717) is 11.5 Å². The number of H-pyrrole nitrogens is 1. The first-order valence-electron chi connectivity index (χ1n) is 8.98. The van der Waals surface area contributed by atoms with Gasteiger partial charge in [-0.15, -0.1) is 0 Å². The van der Waals surface area contributed by atoms with Crippen molar-refractivity contribution in [3.8, 4) is 11.5 Å².